The molecule has 3 nitrogen and oxygen atoms in total. The van der Waals surface area contributed by atoms with Gasteiger partial charge in [0.1, 0.15) is 0 Å². The van der Waals surface area contributed by atoms with Crippen LogP contribution in [-0.2, 0) is 4.79 Å². The normalized spacial score (nSPS) is 28.2. The highest BCUT2D eigenvalue weighted by atomic mass is 32.2. The summed E-state index contributed by atoms with van der Waals surface area (Å²) in [6.07, 6.45) is 8.18. The number of piperidine rings is 1. The summed E-state index contributed by atoms with van der Waals surface area (Å²) in [5.41, 5.74) is 0. The highest BCUT2D eigenvalue weighted by Crippen LogP contribution is 2.42. The number of carbonyl (C=O) groups excluding carboxylic acids is 1. The summed E-state index contributed by atoms with van der Waals surface area (Å²) in [5.74, 6) is 0.459. The van der Waals surface area contributed by atoms with E-state index in [1.54, 1.807) is 0 Å². The van der Waals surface area contributed by atoms with Crippen molar-refractivity contribution < 1.29 is 4.79 Å². The molecule has 1 aliphatic carbocycles. The van der Waals surface area contributed by atoms with E-state index < -0.39 is 0 Å². The Morgan fingerprint density at radius 2 is 2.31 bits per heavy atom. The summed E-state index contributed by atoms with van der Waals surface area (Å²) < 4.78 is 0.359. The molecule has 1 amide bonds. The van der Waals surface area contributed by atoms with Crippen LogP contribution < -0.4 is 10.6 Å². The van der Waals surface area contributed by atoms with Crippen molar-refractivity contribution >= 4 is 17.7 Å². The van der Waals surface area contributed by atoms with E-state index in [0.717, 1.165) is 32.5 Å². The van der Waals surface area contributed by atoms with Gasteiger partial charge in [0.25, 0.3) is 0 Å². The number of thioether (sulfide) groups is 1. The minimum absolute atomic E-state index is 0.202. The van der Waals surface area contributed by atoms with Crippen molar-refractivity contribution in [3.8, 4) is 0 Å². The molecule has 2 aliphatic rings. The molecule has 1 saturated carbocycles. The van der Waals surface area contributed by atoms with Crippen LogP contribution in [0.3, 0.4) is 0 Å². The van der Waals surface area contributed by atoms with Crippen molar-refractivity contribution in [1.82, 2.24) is 10.6 Å². The lowest BCUT2D eigenvalue weighted by Crippen LogP contribution is -2.48. The molecule has 0 bridgehead atoms. The Morgan fingerprint density at radius 3 is 2.81 bits per heavy atom. The van der Waals surface area contributed by atoms with Gasteiger partial charge in [-0.05, 0) is 38.5 Å². The molecule has 4 heteroatoms. The summed E-state index contributed by atoms with van der Waals surface area (Å²) in [5, 5.41) is 6.44. The first-order valence-electron chi connectivity index (χ1n) is 6.29. The van der Waals surface area contributed by atoms with Gasteiger partial charge in [0.15, 0.2) is 0 Å². The summed E-state index contributed by atoms with van der Waals surface area (Å²) in [6, 6.07) is 0. The average molecular weight is 242 g/mol. The first kappa shape index (κ1) is 12.2. The maximum absolute atomic E-state index is 11.9. The molecule has 92 valence electrons. The number of nitrogens with one attached hydrogen (secondary N) is 2. The van der Waals surface area contributed by atoms with Crippen LogP contribution in [0.1, 0.15) is 32.1 Å². The maximum atomic E-state index is 11.9. The third-order valence-corrected chi connectivity index (χ3v) is 5.37. The van der Waals surface area contributed by atoms with Crippen molar-refractivity contribution in [3.63, 3.8) is 0 Å². The Balaban J connectivity index is 1.74. The van der Waals surface area contributed by atoms with Crippen LogP contribution >= 0.6 is 11.8 Å². The van der Waals surface area contributed by atoms with Gasteiger partial charge in [0, 0.05) is 17.8 Å². The Hall–Kier alpha value is -0.220. The fourth-order valence-corrected chi connectivity index (χ4v) is 3.41. The van der Waals surface area contributed by atoms with Crippen LogP contribution in [0.2, 0.25) is 0 Å². The second-order valence-electron chi connectivity index (χ2n) is 5.00. The molecule has 0 aromatic carbocycles. The van der Waals surface area contributed by atoms with Gasteiger partial charge in [-0.15, -0.1) is 0 Å². The second kappa shape index (κ2) is 5.41. The van der Waals surface area contributed by atoms with E-state index in [1.807, 2.05) is 11.8 Å². The van der Waals surface area contributed by atoms with E-state index in [1.165, 1.54) is 19.3 Å². The van der Waals surface area contributed by atoms with Crippen molar-refractivity contribution in [2.75, 3.05) is 25.9 Å². The van der Waals surface area contributed by atoms with Gasteiger partial charge in [-0.25, -0.2) is 0 Å². The van der Waals surface area contributed by atoms with E-state index in [-0.39, 0.29) is 11.8 Å². The zero-order chi connectivity index (χ0) is 11.4. The molecule has 1 aliphatic heterocycles. The molecule has 2 N–H and O–H groups in total. The lowest BCUT2D eigenvalue weighted by molar-refractivity contribution is -0.125. The smallest absolute Gasteiger partial charge is 0.224 e. The summed E-state index contributed by atoms with van der Waals surface area (Å²) in [7, 11) is 0. The quantitative estimate of drug-likeness (QED) is 0.783. The summed E-state index contributed by atoms with van der Waals surface area (Å²) in [4.78, 5) is 11.9. The third-order valence-electron chi connectivity index (χ3n) is 3.95. The zero-order valence-electron chi connectivity index (χ0n) is 10.1. The Morgan fingerprint density at radius 1 is 1.50 bits per heavy atom. The number of amides is 1. The molecule has 2 rings (SSSR count). The Bertz CT molecular complexity index is 242. The molecule has 0 aromatic rings. The first-order chi connectivity index (χ1) is 7.76. The van der Waals surface area contributed by atoms with Crippen molar-refractivity contribution in [2.24, 2.45) is 5.92 Å². The zero-order valence-corrected chi connectivity index (χ0v) is 10.9. The summed E-state index contributed by atoms with van der Waals surface area (Å²) >= 11 is 1.92. The van der Waals surface area contributed by atoms with Gasteiger partial charge in [-0.2, -0.15) is 11.8 Å². The predicted octanol–water partition coefficient (Wildman–Crippen LogP) is 1.39. The third kappa shape index (κ3) is 2.72. The first-order valence-corrected chi connectivity index (χ1v) is 7.52. The van der Waals surface area contributed by atoms with Crippen LogP contribution in [0.15, 0.2) is 0 Å². The van der Waals surface area contributed by atoms with Crippen LogP contribution in [0.25, 0.3) is 0 Å². The highest BCUT2D eigenvalue weighted by Gasteiger charge is 2.36. The molecular formula is C12H22N2OS. The van der Waals surface area contributed by atoms with Gasteiger partial charge in [0.2, 0.25) is 5.91 Å². The molecule has 0 aromatic heterocycles. The SMILES string of the molecule is CSC1(CNC(=O)[C@H]2CCCNC2)CCC1. The van der Waals surface area contributed by atoms with E-state index >= 15 is 0 Å². The number of carbonyl (C=O) groups is 1. The fourth-order valence-electron chi connectivity index (χ4n) is 2.49. The molecule has 2 fully saturated rings. The van der Waals surface area contributed by atoms with Crippen LogP contribution in [-0.4, -0.2) is 36.5 Å². The van der Waals surface area contributed by atoms with Crippen LogP contribution in [0.4, 0.5) is 0 Å². The van der Waals surface area contributed by atoms with E-state index in [4.69, 9.17) is 0 Å². The largest absolute Gasteiger partial charge is 0.354 e. The maximum Gasteiger partial charge on any atom is 0.224 e. The van der Waals surface area contributed by atoms with Crippen molar-refractivity contribution in [3.05, 3.63) is 0 Å². The molecule has 0 spiro atoms. The number of rotatable bonds is 4. The molecular weight excluding hydrogens is 220 g/mol. The minimum Gasteiger partial charge on any atom is -0.354 e. The number of hydrogen-bond donors (Lipinski definition) is 2. The van der Waals surface area contributed by atoms with Crippen LogP contribution in [0, 0.1) is 5.92 Å². The minimum atomic E-state index is 0.202. The van der Waals surface area contributed by atoms with Gasteiger partial charge < -0.3 is 10.6 Å². The lowest BCUT2D eigenvalue weighted by atomic mass is 9.84. The highest BCUT2D eigenvalue weighted by molar-refractivity contribution is 8.00. The van der Waals surface area contributed by atoms with Crippen molar-refractivity contribution in [1.29, 1.82) is 0 Å². The fraction of sp³-hybridized carbons (Fsp3) is 0.917. The molecule has 1 atom stereocenters. The molecule has 16 heavy (non-hydrogen) atoms. The van der Waals surface area contributed by atoms with Gasteiger partial charge in [0.05, 0.1) is 5.92 Å². The lowest BCUT2D eigenvalue weighted by Gasteiger charge is -2.40. The topological polar surface area (TPSA) is 41.1 Å². The Kier molecular flexibility index (Phi) is 4.14. The summed E-state index contributed by atoms with van der Waals surface area (Å²) in [6.45, 7) is 2.79. The second-order valence-corrected chi connectivity index (χ2v) is 6.28. The van der Waals surface area contributed by atoms with Gasteiger partial charge in [-0.3, -0.25) is 4.79 Å². The molecule has 1 heterocycles. The average Bonchev–Trinajstić information content (AvgIpc) is 2.29. The molecule has 0 radical (unpaired) electrons. The van der Waals surface area contributed by atoms with E-state index in [9.17, 15) is 4.79 Å². The van der Waals surface area contributed by atoms with Crippen molar-refractivity contribution in [2.45, 2.75) is 36.9 Å². The Labute approximate surface area is 102 Å². The van der Waals surface area contributed by atoms with Gasteiger partial charge >= 0.3 is 0 Å². The van der Waals surface area contributed by atoms with Gasteiger partial charge in [-0.1, -0.05) is 6.42 Å². The van der Waals surface area contributed by atoms with E-state index in [0.29, 0.717) is 4.75 Å². The standard InChI is InChI=1S/C12H22N2OS/c1-16-12(5-3-6-12)9-14-11(15)10-4-2-7-13-8-10/h10,13H,2-9H2,1H3,(H,14,15)/t10-/m0/s1. The monoisotopic (exact) mass is 242 g/mol. The molecule has 0 unspecified atom stereocenters. The van der Waals surface area contributed by atoms with Crippen LogP contribution in [0.5, 0.6) is 0 Å². The predicted molar refractivity (Wildman–Crippen MR) is 68.7 cm³/mol. The number of hydrogen-bond acceptors (Lipinski definition) is 3. The molecule has 1 saturated heterocycles. The van der Waals surface area contributed by atoms with E-state index in [2.05, 4.69) is 16.9 Å².